The Morgan fingerprint density at radius 2 is 1.04 bits per heavy atom. The highest BCUT2D eigenvalue weighted by Crippen LogP contribution is 2.04. The third-order valence-electron chi connectivity index (χ3n) is 6.37. The number of aryl methyl sites for hydroxylation is 17. The van der Waals surface area contributed by atoms with Crippen LogP contribution in [0.5, 0.6) is 0 Å². The van der Waals surface area contributed by atoms with Crippen molar-refractivity contribution >= 4 is 57.3 Å². The van der Waals surface area contributed by atoms with Crippen LogP contribution in [0.25, 0.3) is 0 Å². The van der Waals surface area contributed by atoms with Gasteiger partial charge in [0.15, 0.2) is 12.2 Å². The van der Waals surface area contributed by atoms with Crippen LogP contribution in [-0.2, 0) is 0 Å². The zero-order valence-corrected chi connectivity index (χ0v) is 46.8. The molecule has 388 valence electrons. The fourth-order valence-corrected chi connectivity index (χ4v) is 5.62. The van der Waals surface area contributed by atoms with Crippen molar-refractivity contribution < 1.29 is 27.1 Å². The van der Waals surface area contributed by atoms with Crippen molar-refractivity contribution in [2.75, 3.05) is 0 Å². The third-order valence-corrected chi connectivity index (χ3v) is 9.74. The summed E-state index contributed by atoms with van der Waals surface area (Å²) >= 11 is 7.48. The number of rotatable bonds is 0. The van der Waals surface area contributed by atoms with Crippen molar-refractivity contribution in [3.63, 3.8) is 0 Å². The summed E-state index contributed by atoms with van der Waals surface area (Å²) < 4.78 is 38.8. The molecule has 0 saturated carbocycles. The molecule has 28 nitrogen and oxygen atoms in total. The molecule has 0 aliphatic rings. The normalized spacial score (nSPS) is 9.18. The minimum atomic E-state index is 0.606. The van der Waals surface area contributed by atoms with E-state index in [2.05, 4.69) is 132 Å². The van der Waals surface area contributed by atoms with Crippen molar-refractivity contribution in [1.29, 1.82) is 0 Å². The van der Waals surface area contributed by atoms with Crippen LogP contribution < -0.4 is 0 Å². The maximum absolute atomic E-state index is 4.86. The highest BCUT2D eigenvalue weighted by atomic mass is 32.1. The van der Waals surface area contributed by atoms with Gasteiger partial charge in [-0.05, 0) is 118 Å². The summed E-state index contributed by atoms with van der Waals surface area (Å²) in [6, 6.07) is 0. The Bertz CT molecular complexity index is 2370. The largest absolute Gasteiger partial charge is 0.428 e. The van der Waals surface area contributed by atoms with Crippen molar-refractivity contribution in [1.82, 2.24) is 110 Å². The van der Waals surface area contributed by atoms with E-state index in [9.17, 15) is 0 Å². The summed E-state index contributed by atoms with van der Waals surface area (Å²) in [4.78, 5) is 19.3. The number of hydrogen-bond acceptors (Lipinski definition) is 33. The molecule has 0 bridgehead atoms. The average Bonchev–Trinajstić information content (AvgIpc) is 4.13. The lowest BCUT2D eigenvalue weighted by Gasteiger charge is -1.71. The molecule has 11 rings (SSSR count). The van der Waals surface area contributed by atoms with Gasteiger partial charge in [0.1, 0.15) is 70.6 Å². The quantitative estimate of drug-likeness (QED) is 0.138. The molecule has 11 aromatic heterocycles. The lowest BCUT2D eigenvalue weighted by Crippen LogP contribution is -1.71. The van der Waals surface area contributed by atoms with E-state index in [1.54, 1.807) is 82.3 Å². The minimum Gasteiger partial charge on any atom is -0.428 e. The molecule has 0 unspecified atom stereocenters. The molecular weight excluding hydrogens is 1030 g/mol. The van der Waals surface area contributed by atoms with E-state index in [0.29, 0.717) is 35.3 Å². The van der Waals surface area contributed by atoms with Gasteiger partial charge in [0, 0.05) is 34.6 Å². The van der Waals surface area contributed by atoms with Crippen LogP contribution in [0.3, 0.4) is 0 Å². The highest BCUT2D eigenvalue weighted by Gasteiger charge is 1.94. The first kappa shape index (κ1) is 62.7. The van der Waals surface area contributed by atoms with E-state index < -0.39 is 0 Å². The zero-order valence-electron chi connectivity index (χ0n) is 42.7. The van der Waals surface area contributed by atoms with E-state index in [-0.39, 0.29) is 0 Å². The second kappa shape index (κ2) is 37.5. The van der Waals surface area contributed by atoms with Gasteiger partial charge >= 0.3 is 0 Å². The molecule has 0 saturated heterocycles. The molecule has 0 atom stereocenters. The summed E-state index contributed by atoms with van der Waals surface area (Å²) in [7, 11) is 0. The molecule has 72 heavy (non-hydrogen) atoms. The van der Waals surface area contributed by atoms with Gasteiger partial charge in [0.2, 0.25) is 35.8 Å². The Labute approximate surface area is 434 Å². The van der Waals surface area contributed by atoms with Crippen molar-refractivity contribution in [3.8, 4) is 0 Å². The summed E-state index contributed by atoms with van der Waals surface area (Å²) in [5.74, 6) is 5.53. The SMILES string of the molecule is Cc1cnon1.Cc1ncno1.Cc1ncns1.Cc1nnc(C)o1.Cc1nnc(C)s1.Cc1nnco1.Cc1nncs1.Cc1noc(C)n1.Cc1nonc1C.Cc1nsc(C)n1.Cc1nsc(C)n1. The Kier molecular flexibility index (Phi) is 32.6. The van der Waals surface area contributed by atoms with Crippen LogP contribution in [0.1, 0.15) is 94.1 Å². The first-order chi connectivity index (χ1) is 34.2. The number of aromatic nitrogens is 22. The van der Waals surface area contributed by atoms with Gasteiger partial charge in [-0.25, -0.2) is 24.2 Å². The number of hydrogen-bond donors (Lipinski definition) is 0. The lowest BCUT2D eigenvalue weighted by molar-refractivity contribution is 0.302. The first-order valence-corrected chi connectivity index (χ1v) is 24.5. The second-order valence-electron chi connectivity index (χ2n) is 13.1. The maximum atomic E-state index is 4.86. The van der Waals surface area contributed by atoms with Crippen LogP contribution in [0.2, 0.25) is 0 Å². The van der Waals surface area contributed by atoms with Gasteiger partial charge in [-0.3, -0.25) is 0 Å². The fraction of sp³-hybridized carbons (Fsp3) is 0.436. The topological polar surface area (TPSA) is 362 Å². The lowest BCUT2D eigenvalue weighted by atomic mass is 10.4. The monoisotopic (exact) mass is 1090 g/mol. The van der Waals surface area contributed by atoms with Crippen molar-refractivity contribution in [2.24, 2.45) is 0 Å². The van der Waals surface area contributed by atoms with Gasteiger partial charge in [0.05, 0.1) is 6.20 Å². The van der Waals surface area contributed by atoms with E-state index in [1.807, 2.05) is 76.2 Å². The summed E-state index contributed by atoms with van der Waals surface area (Å²) in [6.07, 6.45) is 5.78. The van der Waals surface area contributed by atoms with E-state index in [4.69, 9.17) is 4.42 Å². The molecule has 11 heterocycles. The van der Waals surface area contributed by atoms with Gasteiger partial charge in [-0.1, -0.05) is 30.9 Å². The van der Waals surface area contributed by atoms with Gasteiger partial charge in [0.25, 0.3) is 0 Å². The Morgan fingerprint density at radius 1 is 0.431 bits per heavy atom. The number of nitrogens with zero attached hydrogens (tertiary/aromatic N) is 22. The molecule has 0 spiro atoms. The molecule has 0 aliphatic carbocycles. The molecule has 0 N–H and O–H groups in total. The van der Waals surface area contributed by atoms with Crippen LogP contribution >= 0.6 is 57.3 Å². The second-order valence-corrected chi connectivity index (χ2v) is 18.4. The van der Waals surface area contributed by atoms with Crippen LogP contribution in [0.15, 0.2) is 57.9 Å². The van der Waals surface area contributed by atoms with Gasteiger partial charge in [-0.15, -0.1) is 63.5 Å². The molecule has 11 aromatic rings. The molecule has 0 fully saturated rings. The summed E-state index contributed by atoms with van der Waals surface area (Å²) in [5.41, 5.74) is 4.25. The molecule has 0 aliphatic heterocycles. The Morgan fingerprint density at radius 3 is 1.18 bits per heavy atom. The standard InChI is InChI=1S/3C4H6N2O.3C4H6N2S.3C3H4N2O.2C3H4N2S/c1-3-5-6-4(2)7-3;1-3-5-4(2)7-6-3;1-3-4(2)6-7-5-3;1-3-5-6-4(2)7-3;2*1-3-5-4(2)7-6-3;1-3-5-4-2-6-3;1-3-4-2-5-6-3;1-3-2-4-6-5-3;1-3-5-4-2-6-3;1-3-4-2-5-6-3/h6*1-2H3;5*2H,1H3. The minimum absolute atomic E-state index is 0.606. The summed E-state index contributed by atoms with van der Waals surface area (Å²) in [6.45, 7) is 31.5. The van der Waals surface area contributed by atoms with E-state index in [1.165, 1.54) is 47.3 Å². The van der Waals surface area contributed by atoms with E-state index in [0.717, 1.165) is 58.8 Å². The molecule has 0 radical (unpaired) electrons. The fourth-order valence-electron chi connectivity index (χ4n) is 3.39. The maximum Gasteiger partial charge on any atom is 0.223 e. The predicted molar refractivity (Wildman–Crippen MR) is 266 cm³/mol. The highest BCUT2D eigenvalue weighted by molar-refractivity contribution is 7.11. The molecule has 0 aromatic carbocycles. The van der Waals surface area contributed by atoms with Crippen molar-refractivity contribution in [3.05, 3.63) is 125 Å². The Hall–Kier alpha value is -7.36. The molecule has 0 amide bonds. The third kappa shape index (κ3) is 34.8. The van der Waals surface area contributed by atoms with Crippen molar-refractivity contribution in [2.45, 2.75) is 118 Å². The molecular formula is C39H56N22O6S5. The smallest absolute Gasteiger partial charge is 0.223 e. The van der Waals surface area contributed by atoms with Gasteiger partial charge in [-0.2, -0.15) is 23.1 Å². The van der Waals surface area contributed by atoms with Crippen LogP contribution in [-0.4, -0.2) is 110 Å². The van der Waals surface area contributed by atoms with Gasteiger partial charge < -0.3 is 17.9 Å². The summed E-state index contributed by atoms with van der Waals surface area (Å²) in [5, 5.41) is 55.8. The van der Waals surface area contributed by atoms with E-state index >= 15 is 0 Å². The van der Waals surface area contributed by atoms with Crippen LogP contribution in [0.4, 0.5) is 0 Å². The molecule has 33 heteroatoms. The van der Waals surface area contributed by atoms with Crippen LogP contribution in [0, 0.1) is 118 Å². The predicted octanol–water partition coefficient (Wildman–Crippen LogP) is 8.35. The zero-order chi connectivity index (χ0) is 53.7. The first-order valence-electron chi connectivity index (χ1n) is 20.5. The Balaban J connectivity index is 0.000000396. The average molecular weight is 1090 g/mol.